The lowest BCUT2D eigenvalue weighted by atomic mass is 9.43. The molecule has 1 heterocycles. The molecule has 4 fully saturated rings. The van der Waals surface area contributed by atoms with Crippen LogP contribution in [0.4, 0.5) is 0 Å². The van der Waals surface area contributed by atoms with Gasteiger partial charge in [-0.25, -0.2) is 0 Å². The molecule has 1 unspecified atom stereocenters. The molecule has 0 radical (unpaired) electrons. The van der Waals surface area contributed by atoms with Crippen molar-refractivity contribution < 1.29 is 14.3 Å². The number of esters is 1. The van der Waals surface area contributed by atoms with Crippen LogP contribution in [0.2, 0.25) is 0 Å². The second kappa shape index (κ2) is 5.34. The molecule has 3 nitrogen and oxygen atoms in total. The SMILES string of the molecule is C=C[C@]1(C)CC[C@H]2[C@]3(C1)O[C@@H]3CC1[C@@](C)(COC(C)=O)CCC[C@]12C. The molecule has 4 rings (SSSR count). The molecule has 3 saturated carbocycles. The second-order valence-corrected chi connectivity index (χ2v) is 10.3. The maximum Gasteiger partial charge on any atom is 0.302 e. The van der Waals surface area contributed by atoms with Crippen LogP contribution in [0, 0.1) is 28.1 Å². The van der Waals surface area contributed by atoms with Gasteiger partial charge in [0.05, 0.1) is 18.3 Å². The zero-order chi connectivity index (χ0) is 18.1. The van der Waals surface area contributed by atoms with E-state index >= 15 is 0 Å². The lowest BCUT2D eigenvalue weighted by molar-refractivity contribution is -0.157. The molecule has 0 bridgehead atoms. The Morgan fingerprint density at radius 3 is 2.68 bits per heavy atom. The number of epoxide rings is 1. The zero-order valence-corrected chi connectivity index (χ0v) is 16.4. The van der Waals surface area contributed by atoms with Crippen LogP contribution in [0.3, 0.4) is 0 Å². The first-order valence-corrected chi connectivity index (χ1v) is 10.1. The van der Waals surface area contributed by atoms with Crippen molar-refractivity contribution in [2.24, 2.45) is 28.1 Å². The van der Waals surface area contributed by atoms with E-state index in [1.165, 1.54) is 32.6 Å². The van der Waals surface area contributed by atoms with Crippen LogP contribution in [0.5, 0.6) is 0 Å². The van der Waals surface area contributed by atoms with Gasteiger partial charge in [0, 0.05) is 12.3 Å². The van der Waals surface area contributed by atoms with E-state index in [9.17, 15) is 4.79 Å². The van der Waals surface area contributed by atoms with Gasteiger partial charge < -0.3 is 9.47 Å². The third-order valence-electron chi connectivity index (χ3n) is 8.57. The molecule has 0 aromatic carbocycles. The van der Waals surface area contributed by atoms with Gasteiger partial charge >= 0.3 is 5.97 Å². The Morgan fingerprint density at radius 1 is 1.24 bits per heavy atom. The van der Waals surface area contributed by atoms with E-state index in [0.29, 0.717) is 30.0 Å². The van der Waals surface area contributed by atoms with Crippen LogP contribution in [0.1, 0.15) is 72.6 Å². The Morgan fingerprint density at radius 2 is 2.00 bits per heavy atom. The number of hydrogen-bond donors (Lipinski definition) is 0. The van der Waals surface area contributed by atoms with Crippen molar-refractivity contribution in [1.82, 2.24) is 0 Å². The fourth-order valence-electron chi connectivity index (χ4n) is 7.21. The molecular weight excluding hydrogens is 312 g/mol. The molecule has 140 valence electrons. The molecule has 3 aliphatic carbocycles. The van der Waals surface area contributed by atoms with Gasteiger partial charge in [0.25, 0.3) is 0 Å². The van der Waals surface area contributed by atoms with Crippen molar-refractivity contribution in [3.05, 3.63) is 12.7 Å². The molecule has 1 saturated heterocycles. The minimum atomic E-state index is -0.152. The molecule has 0 N–H and O–H groups in total. The smallest absolute Gasteiger partial charge is 0.302 e. The van der Waals surface area contributed by atoms with Crippen molar-refractivity contribution in [3.63, 3.8) is 0 Å². The normalized spacial score (nSPS) is 53.8. The van der Waals surface area contributed by atoms with Crippen LogP contribution < -0.4 is 0 Å². The monoisotopic (exact) mass is 346 g/mol. The minimum Gasteiger partial charge on any atom is -0.465 e. The number of rotatable bonds is 3. The van der Waals surface area contributed by atoms with Crippen molar-refractivity contribution in [2.45, 2.75) is 84.3 Å². The highest BCUT2D eigenvalue weighted by atomic mass is 16.6. The highest BCUT2D eigenvalue weighted by molar-refractivity contribution is 5.65. The fourth-order valence-corrected chi connectivity index (χ4v) is 7.21. The van der Waals surface area contributed by atoms with Crippen LogP contribution in [0.15, 0.2) is 12.7 Å². The first-order chi connectivity index (χ1) is 11.7. The van der Waals surface area contributed by atoms with Gasteiger partial charge in [-0.2, -0.15) is 0 Å². The Bertz CT molecular complexity index is 600. The summed E-state index contributed by atoms with van der Waals surface area (Å²) in [6.45, 7) is 13.4. The molecule has 1 spiro atoms. The molecule has 3 heteroatoms. The van der Waals surface area contributed by atoms with Crippen LogP contribution in [-0.4, -0.2) is 24.3 Å². The van der Waals surface area contributed by atoms with E-state index in [-0.39, 0.29) is 22.4 Å². The van der Waals surface area contributed by atoms with Crippen LogP contribution in [-0.2, 0) is 14.3 Å². The molecule has 25 heavy (non-hydrogen) atoms. The largest absolute Gasteiger partial charge is 0.465 e. The summed E-state index contributed by atoms with van der Waals surface area (Å²) in [7, 11) is 0. The van der Waals surface area contributed by atoms with E-state index in [4.69, 9.17) is 9.47 Å². The lowest BCUT2D eigenvalue weighted by Crippen LogP contribution is -2.59. The third kappa shape index (κ3) is 2.44. The van der Waals surface area contributed by atoms with E-state index in [1.807, 2.05) is 0 Å². The van der Waals surface area contributed by atoms with Crippen LogP contribution in [0.25, 0.3) is 0 Å². The molecule has 1 aliphatic heterocycles. The number of ether oxygens (including phenoxy) is 2. The highest BCUT2D eigenvalue weighted by Crippen LogP contribution is 2.73. The van der Waals surface area contributed by atoms with Gasteiger partial charge in [-0.3, -0.25) is 4.79 Å². The predicted octanol–water partition coefficient (Wildman–Crippen LogP) is 4.90. The summed E-state index contributed by atoms with van der Waals surface area (Å²) in [5, 5.41) is 0. The van der Waals surface area contributed by atoms with Crippen molar-refractivity contribution in [3.8, 4) is 0 Å². The lowest BCUT2D eigenvalue weighted by Gasteiger charge is -2.60. The molecule has 7 atom stereocenters. The Labute approximate surface area is 152 Å². The Kier molecular flexibility index (Phi) is 3.76. The summed E-state index contributed by atoms with van der Waals surface area (Å²) in [4.78, 5) is 11.4. The average Bonchev–Trinajstić information content (AvgIpc) is 3.23. The minimum absolute atomic E-state index is 0.0932. The number of carbonyl (C=O) groups excluding carboxylic acids is 1. The summed E-state index contributed by atoms with van der Waals surface area (Å²) in [5.74, 6) is 1.08. The number of hydrogen-bond acceptors (Lipinski definition) is 3. The summed E-state index contributed by atoms with van der Waals surface area (Å²) >= 11 is 0. The molecule has 0 aromatic rings. The summed E-state index contributed by atoms with van der Waals surface area (Å²) < 4.78 is 12.0. The standard InChI is InChI=1S/C22H34O3/c1-6-19(3)11-8-16-21(5)10-7-9-20(4,14-24-15(2)23)17(21)12-18-22(16,13-19)25-18/h6,16-18H,1,7-14H2,2-5H3/t16-,17?,18-,19-,20-,21+,22+/m1/s1. The second-order valence-electron chi connectivity index (χ2n) is 10.3. The molecular formula is C22H34O3. The zero-order valence-electron chi connectivity index (χ0n) is 16.4. The number of fused-ring (bicyclic) bond motifs is 2. The van der Waals surface area contributed by atoms with Crippen LogP contribution >= 0.6 is 0 Å². The van der Waals surface area contributed by atoms with Gasteiger partial charge in [0.1, 0.15) is 0 Å². The molecule has 0 amide bonds. The van der Waals surface area contributed by atoms with Gasteiger partial charge in [0.15, 0.2) is 0 Å². The predicted molar refractivity (Wildman–Crippen MR) is 98.1 cm³/mol. The van der Waals surface area contributed by atoms with E-state index < -0.39 is 0 Å². The topological polar surface area (TPSA) is 38.8 Å². The maximum atomic E-state index is 11.4. The van der Waals surface area contributed by atoms with Gasteiger partial charge in [0.2, 0.25) is 0 Å². The van der Waals surface area contributed by atoms with Crippen molar-refractivity contribution in [1.29, 1.82) is 0 Å². The van der Waals surface area contributed by atoms with E-state index in [0.717, 1.165) is 19.3 Å². The first kappa shape index (κ1) is 17.6. The number of carbonyl (C=O) groups is 1. The van der Waals surface area contributed by atoms with Gasteiger partial charge in [-0.05, 0) is 61.2 Å². The fraction of sp³-hybridized carbons (Fsp3) is 0.864. The molecule has 4 aliphatic rings. The Balaban J connectivity index is 1.63. The van der Waals surface area contributed by atoms with Crippen molar-refractivity contribution >= 4 is 5.97 Å². The number of allylic oxidation sites excluding steroid dienone is 1. The maximum absolute atomic E-state index is 11.4. The average molecular weight is 347 g/mol. The first-order valence-electron chi connectivity index (χ1n) is 10.1. The summed E-state index contributed by atoms with van der Waals surface area (Å²) in [5.41, 5.74) is 0.731. The van der Waals surface area contributed by atoms with E-state index in [1.54, 1.807) is 0 Å². The van der Waals surface area contributed by atoms with Crippen molar-refractivity contribution in [2.75, 3.05) is 6.61 Å². The van der Waals surface area contributed by atoms with Gasteiger partial charge in [-0.1, -0.05) is 33.3 Å². The summed E-state index contributed by atoms with van der Waals surface area (Å²) in [6.07, 6.45) is 11.0. The third-order valence-corrected chi connectivity index (χ3v) is 8.57. The quantitative estimate of drug-likeness (QED) is 0.415. The highest BCUT2D eigenvalue weighted by Gasteiger charge is 2.74. The van der Waals surface area contributed by atoms with Gasteiger partial charge in [-0.15, -0.1) is 6.58 Å². The molecule has 0 aromatic heterocycles. The Hall–Kier alpha value is -0.830. The van der Waals surface area contributed by atoms with E-state index in [2.05, 4.69) is 33.4 Å². The summed E-state index contributed by atoms with van der Waals surface area (Å²) in [6, 6.07) is 0.